The molecule has 76 valence electrons. The van der Waals surface area contributed by atoms with Crippen molar-refractivity contribution >= 4 is 5.97 Å². The number of rotatable bonds is 1. The molecule has 1 aromatic rings. The summed E-state index contributed by atoms with van der Waals surface area (Å²) in [4.78, 5) is 18.9. The average molecular weight is 194 g/mol. The Morgan fingerprint density at radius 3 is 2.36 bits per heavy atom. The monoisotopic (exact) mass is 194 g/mol. The van der Waals surface area contributed by atoms with Crippen molar-refractivity contribution in [2.75, 3.05) is 0 Å². The van der Waals surface area contributed by atoms with Gasteiger partial charge in [0.1, 0.15) is 5.82 Å². The summed E-state index contributed by atoms with van der Waals surface area (Å²) < 4.78 is 0. The Labute approximate surface area is 83.0 Å². The molecule has 0 aliphatic heterocycles. The molecule has 0 unspecified atom stereocenters. The van der Waals surface area contributed by atoms with Gasteiger partial charge < -0.3 is 5.11 Å². The first-order valence-electron chi connectivity index (χ1n) is 4.40. The Hall–Kier alpha value is -1.45. The second-order valence-electron chi connectivity index (χ2n) is 4.27. The van der Waals surface area contributed by atoms with Gasteiger partial charge in [-0.15, -0.1) is 0 Å². The molecule has 0 saturated heterocycles. The fourth-order valence-corrected chi connectivity index (χ4v) is 1.01. The van der Waals surface area contributed by atoms with Gasteiger partial charge in [-0.1, -0.05) is 20.8 Å². The van der Waals surface area contributed by atoms with Gasteiger partial charge in [-0.2, -0.15) is 0 Å². The zero-order valence-corrected chi connectivity index (χ0v) is 8.83. The Balaban J connectivity index is 3.28. The number of hydrogen-bond donors (Lipinski definition) is 1. The first kappa shape index (κ1) is 10.6. The van der Waals surface area contributed by atoms with Gasteiger partial charge in [0.15, 0.2) is 5.69 Å². The number of aryl methyl sites for hydroxylation is 1. The topological polar surface area (TPSA) is 63.1 Å². The van der Waals surface area contributed by atoms with Crippen LogP contribution in [-0.4, -0.2) is 21.0 Å². The lowest BCUT2D eigenvalue weighted by Crippen LogP contribution is -2.18. The number of carboxylic acids is 1. The van der Waals surface area contributed by atoms with Crippen LogP contribution in [0.4, 0.5) is 0 Å². The molecule has 1 rings (SSSR count). The van der Waals surface area contributed by atoms with Crippen LogP contribution in [0.3, 0.4) is 0 Å². The summed E-state index contributed by atoms with van der Waals surface area (Å²) >= 11 is 0. The number of hydrogen-bond acceptors (Lipinski definition) is 3. The fourth-order valence-electron chi connectivity index (χ4n) is 1.01. The van der Waals surface area contributed by atoms with Gasteiger partial charge in [0, 0.05) is 11.1 Å². The fraction of sp³-hybridized carbons (Fsp3) is 0.500. The summed E-state index contributed by atoms with van der Waals surface area (Å²) in [6, 6.07) is 1.47. The zero-order chi connectivity index (χ0) is 10.9. The summed E-state index contributed by atoms with van der Waals surface area (Å²) in [5.41, 5.74) is 0.515. The van der Waals surface area contributed by atoms with E-state index in [-0.39, 0.29) is 11.1 Å². The highest BCUT2D eigenvalue weighted by Gasteiger charge is 2.19. The van der Waals surface area contributed by atoms with Gasteiger partial charge >= 0.3 is 5.97 Å². The third kappa shape index (κ3) is 2.28. The SMILES string of the molecule is Cc1cc(C(=O)O)nc(C(C)(C)C)n1. The highest BCUT2D eigenvalue weighted by Crippen LogP contribution is 2.18. The van der Waals surface area contributed by atoms with Crippen LogP contribution in [0.1, 0.15) is 42.8 Å². The summed E-state index contributed by atoms with van der Waals surface area (Å²) in [6.45, 7) is 7.62. The quantitative estimate of drug-likeness (QED) is 0.740. The predicted molar refractivity (Wildman–Crippen MR) is 52.4 cm³/mol. The third-order valence-electron chi connectivity index (χ3n) is 1.74. The van der Waals surface area contributed by atoms with E-state index in [0.717, 1.165) is 0 Å². The normalized spacial score (nSPS) is 11.4. The molecule has 1 heterocycles. The van der Waals surface area contributed by atoms with Gasteiger partial charge in [-0.05, 0) is 13.0 Å². The lowest BCUT2D eigenvalue weighted by molar-refractivity contribution is 0.0689. The summed E-state index contributed by atoms with van der Waals surface area (Å²) in [6.07, 6.45) is 0. The van der Waals surface area contributed by atoms with Crippen LogP contribution < -0.4 is 0 Å². The van der Waals surface area contributed by atoms with Crippen LogP contribution in [0.25, 0.3) is 0 Å². The van der Waals surface area contributed by atoms with Crippen molar-refractivity contribution in [3.8, 4) is 0 Å². The number of nitrogens with zero attached hydrogens (tertiary/aromatic N) is 2. The Bertz CT molecular complexity index is 367. The van der Waals surface area contributed by atoms with Crippen LogP contribution >= 0.6 is 0 Å². The van der Waals surface area contributed by atoms with Gasteiger partial charge in [0.05, 0.1) is 0 Å². The maximum atomic E-state index is 10.7. The van der Waals surface area contributed by atoms with E-state index in [2.05, 4.69) is 9.97 Å². The molecule has 1 N–H and O–H groups in total. The predicted octanol–water partition coefficient (Wildman–Crippen LogP) is 1.78. The van der Waals surface area contributed by atoms with Crippen LogP contribution in [-0.2, 0) is 5.41 Å². The number of carboxylic acid groups (broad SMARTS) is 1. The molecule has 0 spiro atoms. The molecule has 0 aromatic carbocycles. The van der Waals surface area contributed by atoms with E-state index in [9.17, 15) is 4.79 Å². The second-order valence-corrected chi connectivity index (χ2v) is 4.27. The largest absolute Gasteiger partial charge is 0.477 e. The molecule has 0 saturated carbocycles. The minimum absolute atomic E-state index is 0.0578. The van der Waals surface area contributed by atoms with E-state index >= 15 is 0 Å². The summed E-state index contributed by atoms with van der Waals surface area (Å²) in [7, 11) is 0. The van der Waals surface area contributed by atoms with Crippen LogP contribution in [0.5, 0.6) is 0 Å². The van der Waals surface area contributed by atoms with Crippen molar-refractivity contribution in [3.63, 3.8) is 0 Å². The molecule has 1 aromatic heterocycles. The molecular weight excluding hydrogens is 180 g/mol. The van der Waals surface area contributed by atoms with E-state index in [1.54, 1.807) is 6.92 Å². The molecular formula is C10H14N2O2. The molecule has 0 radical (unpaired) electrons. The van der Waals surface area contributed by atoms with Gasteiger partial charge in [0.25, 0.3) is 0 Å². The molecule has 14 heavy (non-hydrogen) atoms. The van der Waals surface area contributed by atoms with E-state index in [0.29, 0.717) is 11.5 Å². The van der Waals surface area contributed by atoms with Gasteiger partial charge in [-0.25, -0.2) is 14.8 Å². The third-order valence-corrected chi connectivity index (χ3v) is 1.74. The maximum Gasteiger partial charge on any atom is 0.354 e. The van der Waals surface area contributed by atoms with Crippen molar-refractivity contribution in [2.24, 2.45) is 0 Å². The van der Waals surface area contributed by atoms with Crippen LogP contribution in [0, 0.1) is 6.92 Å². The van der Waals surface area contributed by atoms with E-state index in [1.165, 1.54) is 6.07 Å². The van der Waals surface area contributed by atoms with E-state index in [1.807, 2.05) is 20.8 Å². The Morgan fingerprint density at radius 2 is 1.93 bits per heavy atom. The lowest BCUT2D eigenvalue weighted by atomic mass is 9.95. The first-order chi connectivity index (χ1) is 6.30. The van der Waals surface area contributed by atoms with Crippen molar-refractivity contribution < 1.29 is 9.90 Å². The smallest absolute Gasteiger partial charge is 0.354 e. The van der Waals surface area contributed by atoms with Crippen molar-refractivity contribution in [2.45, 2.75) is 33.1 Å². The zero-order valence-electron chi connectivity index (χ0n) is 8.83. The number of aromatic carboxylic acids is 1. The Kier molecular flexibility index (Phi) is 2.55. The van der Waals surface area contributed by atoms with Gasteiger partial charge in [-0.3, -0.25) is 0 Å². The summed E-state index contributed by atoms with van der Waals surface area (Å²) in [5.74, 6) is -0.448. The molecule has 4 nitrogen and oxygen atoms in total. The van der Waals surface area contributed by atoms with E-state index < -0.39 is 5.97 Å². The standard InChI is InChI=1S/C10H14N2O2/c1-6-5-7(8(13)14)12-9(11-6)10(2,3)4/h5H,1-4H3,(H,13,14). The lowest BCUT2D eigenvalue weighted by Gasteiger charge is -2.16. The van der Waals surface area contributed by atoms with Crippen LogP contribution in [0.15, 0.2) is 6.07 Å². The molecule has 4 heteroatoms. The highest BCUT2D eigenvalue weighted by molar-refractivity contribution is 5.85. The van der Waals surface area contributed by atoms with Gasteiger partial charge in [0.2, 0.25) is 0 Å². The maximum absolute atomic E-state index is 10.7. The van der Waals surface area contributed by atoms with E-state index in [4.69, 9.17) is 5.11 Å². The molecule has 0 aliphatic carbocycles. The minimum atomic E-state index is -1.01. The minimum Gasteiger partial charge on any atom is -0.477 e. The number of aromatic nitrogens is 2. The molecule has 0 aliphatic rings. The number of carbonyl (C=O) groups is 1. The Morgan fingerprint density at radius 1 is 1.36 bits per heavy atom. The highest BCUT2D eigenvalue weighted by atomic mass is 16.4. The molecule has 0 atom stereocenters. The molecule has 0 amide bonds. The second kappa shape index (κ2) is 3.36. The summed E-state index contributed by atoms with van der Waals surface area (Å²) in [5, 5.41) is 8.81. The average Bonchev–Trinajstić information content (AvgIpc) is 2.01. The van der Waals surface area contributed by atoms with Crippen LogP contribution in [0.2, 0.25) is 0 Å². The first-order valence-corrected chi connectivity index (χ1v) is 4.40. The molecule has 0 bridgehead atoms. The van der Waals surface area contributed by atoms with Crippen molar-refractivity contribution in [3.05, 3.63) is 23.3 Å². The molecule has 0 fully saturated rings. The van der Waals surface area contributed by atoms with Crippen molar-refractivity contribution in [1.82, 2.24) is 9.97 Å². The van der Waals surface area contributed by atoms with Crippen molar-refractivity contribution in [1.29, 1.82) is 0 Å².